The van der Waals surface area contributed by atoms with E-state index in [2.05, 4.69) is 11.4 Å². The van der Waals surface area contributed by atoms with Gasteiger partial charge in [0, 0.05) is 11.9 Å². The van der Waals surface area contributed by atoms with Crippen LogP contribution in [0.15, 0.2) is 59.2 Å². The van der Waals surface area contributed by atoms with Gasteiger partial charge >= 0.3 is 0 Å². The SMILES string of the molecule is N#Cc1ccc(CNC(=O)c2coc3ccccc23)cc1. The summed E-state index contributed by atoms with van der Waals surface area (Å²) in [5.74, 6) is -0.177. The van der Waals surface area contributed by atoms with Crippen molar-refractivity contribution in [3.05, 3.63) is 71.5 Å². The van der Waals surface area contributed by atoms with E-state index in [1.165, 1.54) is 6.26 Å². The zero-order valence-corrected chi connectivity index (χ0v) is 11.2. The van der Waals surface area contributed by atoms with Crippen LogP contribution >= 0.6 is 0 Å². The molecule has 1 aromatic heterocycles. The quantitative estimate of drug-likeness (QED) is 0.798. The molecule has 0 unspecified atom stereocenters. The number of hydrogen-bond donors (Lipinski definition) is 1. The summed E-state index contributed by atoms with van der Waals surface area (Å²) in [6.45, 7) is 0.407. The zero-order chi connectivity index (χ0) is 14.7. The standard InChI is InChI=1S/C17H12N2O2/c18-9-12-5-7-13(8-6-12)10-19-17(20)15-11-21-16-4-2-1-3-14(15)16/h1-8,11H,10H2,(H,19,20). The highest BCUT2D eigenvalue weighted by molar-refractivity contribution is 6.05. The van der Waals surface area contributed by atoms with Crippen molar-refractivity contribution < 1.29 is 9.21 Å². The molecule has 4 heteroatoms. The predicted molar refractivity (Wildman–Crippen MR) is 78.5 cm³/mol. The van der Waals surface area contributed by atoms with E-state index in [4.69, 9.17) is 9.68 Å². The van der Waals surface area contributed by atoms with E-state index in [-0.39, 0.29) is 5.91 Å². The van der Waals surface area contributed by atoms with Crippen LogP contribution in [0.4, 0.5) is 0 Å². The lowest BCUT2D eigenvalue weighted by Gasteiger charge is -2.04. The molecule has 21 heavy (non-hydrogen) atoms. The lowest BCUT2D eigenvalue weighted by Crippen LogP contribution is -2.22. The molecular weight excluding hydrogens is 264 g/mol. The van der Waals surface area contributed by atoms with E-state index in [0.717, 1.165) is 10.9 Å². The van der Waals surface area contributed by atoms with Crippen molar-refractivity contribution in [1.82, 2.24) is 5.32 Å². The highest BCUT2D eigenvalue weighted by Gasteiger charge is 2.12. The van der Waals surface area contributed by atoms with Gasteiger partial charge in [0.2, 0.25) is 0 Å². The third-order valence-corrected chi connectivity index (χ3v) is 3.26. The minimum absolute atomic E-state index is 0.177. The van der Waals surface area contributed by atoms with Gasteiger partial charge in [-0.25, -0.2) is 0 Å². The maximum Gasteiger partial charge on any atom is 0.255 e. The van der Waals surface area contributed by atoms with E-state index in [0.29, 0.717) is 23.3 Å². The smallest absolute Gasteiger partial charge is 0.255 e. The third kappa shape index (κ3) is 2.63. The van der Waals surface area contributed by atoms with Crippen LogP contribution in [0.5, 0.6) is 0 Å². The molecule has 1 heterocycles. The molecule has 1 N–H and O–H groups in total. The van der Waals surface area contributed by atoms with Gasteiger partial charge in [0.15, 0.2) is 0 Å². The molecule has 0 radical (unpaired) electrons. The van der Waals surface area contributed by atoms with Crippen molar-refractivity contribution in [1.29, 1.82) is 5.26 Å². The fraction of sp³-hybridized carbons (Fsp3) is 0.0588. The molecule has 0 saturated carbocycles. The van der Waals surface area contributed by atoms with E-state index < -0.39 is 0 Å². The van der Waals surface area contributed by atoms with Crippen LogP contribution in [-0.2, 0) is 6.54 Å². The Morgan fingerprint density at radius 2 is 1.90 bits per heavy atom. The Morgan fingerprint density at radius 1 is 1.14 bits per heavy atom. The Morgan fingerprint density at radius 3 is 2.67 bits per heavy atom. The number of amides is 1. The Balaban J connectivity index is 1.73. The maximum atomic E-state index is 12.2. The van der Waals surface area contributed by atoms with Crippen LogP contribution in [0.25, 0.3) is 11.0 Å². The van der Waals surface area contributed by atoms with Gasteiger partial charge in [0.05, 0.1) is 17.2 Å². The molecular formula is C17H12N2O2. The van der Waals surface area contributed by atoms with Gasteiger partial charge in [-0.05, 0) is 23.8 Å². The van der Waals surface area contributed by atoms with Gasteiger partial charge in [-0.2, -0.15) is 5.26 Å². The first-order valence-electron chi connectivity index (χ1n) is 6.51. The Kier molecular flexibility index (Phi) is 3.40. The highest BCUT2D eigenvalue weighted by atomic mass is 16.3. The van der Waals surface area contributed by atoms with Crippen LogP contribution in [0.2, 0.25) is 0 Å². The molecule has 4 nitrogen and oxygen atoms in total. The topological polar surface area (TPSA) is 66.0 Å². The highest BCUT2D eigenvalue weighted by Crippen LogP contribution is 2.20. The van der Waals surface area contributed by atoms with E-state index in [1.54, 1.807) is 12.1 Å². The summed E-state index contributed by atoms with van der Waals surface area (Å²) in [5.41, 5.74) is 2.77. The fourth-order valence-electron chi connectivity index (χ4n) is 2.13. The Bertz CT molecular complexity index is 826. The molecule has 3 rings (SSSR count). The summed E-state index contributed by atoms with van der Waals surface area (Å²) in [5, 5.41) is 12.4. The number of para-hydroxylation sites is 1. The van der Waals surface area contributed by atoms with Crippen LogP contribution < -0.4 is 5.32 Å². The maximum absolute atomic E-state index is 12.2. The second-order valence-electron chi connectivity index (χ2n) is 4.64. The van der Waals surface area contributed by atoms with Gasteiger partial charge in [-0.3, -0.25) is 4.79 Å². The first-order valence-corrected chi connectivity index (χ1v) is 6.51. The number of carbonyl (C=O) groups is 1. The van der Waals surface area contributed by atoms with Gasteiger partial charge in [-0.15, -0.1) is 0 Å². The minimum atomic E-state index is -0.177. The molecule has 1 amide bonds. The molecule has 0 aliphatic carbocycles. The van der Waals surface area contributed by atoms with Gasteiger partial charge in [-0.1, -0.05) is 30.3 Å². The molecule has 0 bridgehead atoms. The number of furan rings is 1. The van der Waals surface area contributed by atoms with Crippen molar-refractivity contribution >= 4 is 16.9 Å². The monoisotopic (exact) mass is 276 g/mol. The summed E-state index contributed by atoms with van der Waals surface area (Å²) in [7, 11) is 0. The van der Waals surface area contributed by atoms with Crippen molar-refractivity contribution in [2.24, 2.45) is 0 Å². The zero-order valence-electron chi connectivity index (χ0n) is 11.2. The molecule has 0 atom stereocenters. The predicted octanol–water partition coefficient (Wildman–Crippen LogP) is 3.23. The van der Waals surface area contributed by atoms with E-state index in [1.807, 2.05) is 36.4 Å². The average molecular weight is 276 g/mol. The van der Waals surface area contributed by atoms with E-state index in [9.17, 15) is 4.79 Å². The normalized spacial score (nSPS) is 10.2. The summed E-state index contributed by atoms with van der Waals surface area (Å²) >= 11 is 0. The van der Waals surface area contributed by atoms with Crippen LogP contribution in [0, 0.1) is 11.3 Å². The van der Waals surface area contributed by atoms with Crippen LogP contribution in [0.3, 0.4) is 0 Å². The minimum Gasteiger partial charge on any atom is -0.463 e. The van der Waals surface area contributed by atoms with E-state index >= 15 is 0 Å². The van der Waals surface area contributed by atoms with Crippen LogP contribution in [-0.4, -0.2) is 5.91 Å². The number of nitrogens with one attached hydrogen (secondary N) is 1. The number of fused-ring (bicyclic) bond motifs is 1. The number of nitrogens with zero attached hydrogens (tertiary/aromatic N) is 1. The largest absolute Gasteiger partial charge is 0.463 e. The second-order valence-corrected chi connectivity index (χ2v) is 4.64. The molecule has 2 aromatic carbocycles. The van der Waals surface area contributed by atoms with Crippen molar-refractivity contribution in [2.75, 3.05) is 0 Å². The number of carbonyl (C=O) groups excluding carboxylic acids is 1. The summed E-state index contributed by atoms with van der Waals surface area (Å²) in [4.78, 5) is 12.2. The summed E-state index contributed by atoms with van der Waals surface area (Å²) < 4.78 is 5.36. The van der Waals surface area contributed by atoms with Gasteiger partial charge in [0.1, 0.15) is 11.8 Å². The Labute approximate surface area is 121 Å². The van der Waals surface area contributed by atoms with Gasteiger partial charge < -0.3 is 9.73 Å². The fourth-order valence-corrected chi connectivity index (χ4v) is 2.13. The molecule has 0 fully saturated rings. The Hall–Kier alpha value is -3.06. The summed E-state index contributed by atoms with van der Waals surface area (Å²) in [6, 6.07) is 16.6. The van der Waals surface area contributed by atoms with Crippen molar-refractivity contribution in [3.8, 4) is 6.07 Å². The lowest BCUT2D eigenvalue weighted by atomic mass is 10.1. The first kappa shape index (κ1) is 12.9. The van der Waals surface area contributed by atoms with Crippen LogP contribution in [0.1, 0.15) is 21.5 Å². The first-order chi connectivity index (χ1) is 10.3. The van der Waals surface area contributed by atoms with Gasteiger partial charge in [0.25, 0.3) is 5.91 Å². The number of benzene rings is 2. The molecule has 3 aromatic rings. The molecule has 0 aliphatic rings. The number of rotatable bonds is 3. The number of nitriles is 1. The molecule has 0 saturated heterocycles. The number of hydrogen-bond acceptors (Lipinski definition) is 3. The molecule has 102 valence electrons. The summed E-state index contributed by atoms with van der Waals surface area (Å²) in [6.07, 6.45) is 1.47. The second kappa shape index (κ2) is 5.51. The molecule has 0 spiro atoms. The third-order valence-electron chi connectivity index (χ3n) is 3.26. The van der Waals surface area contributed by atoms with Crippen molar-refractivity contribution in [2.45, 2.75) is 6.54 Å². The van der Waals surface area contributed by atoms with Crippen molar-refractivity contribution in [3.63, 3.8) is 0 Å². The lowest BCUT2D eigenvalue weighted by molar-refractivity contribution is 0.0951. The molecule has 0 aliphatic heterocycles. The average Bonchev–Trinajstić information content (AvgIpc) is 2.97.